The molecule has 0 spiro atoms. The van der Waals surface area contributed by atoms with Crippen molar-refractivity contribution in [3.63, 3.8) is 0 Å². The minimum atomic E-state index is -3.57. The van der Waals surface area contributed by atoms with Gasteiger partial charge in [0.2, 0.25) is 10.0 Å². The summed E-state index contributed by atoms with van der Waals surface area (Å²) in [4.78, 5) is 11.2. The highest BCUT2D eigenvalue weighted by Crippen LogP contribution is 2.22. The first kappa shape index (κ1) is 15.1. The van der Waals surface area contributed by atoms with Gasteiger partial charge in [-0.1, -0.05) is 19.9 Å². The SMILES string of the molecule is CCN(CC)S(=O)(=O)c1cc(C(=O)Cl)ccc1C. The van der Waals surface area contributed by atoms with E-state index in [1.807, 2.05) is 0 Å². The van der Waals surface area contributed by atoms with Crippen molar-refractivity contribution in [3.05, 3.63) is 29.3 Å². The summed E-state index contributed by atoms with van der Waals surface area (Å²) in [6.07, 6.45) is 0. The van der Waals surface area contributed by atoms with Crippen molar-refractivity contribution < 1.29 is 13.2 Å². The Hall–Kier alpha value is -0.910. The summed E-state index contributed by atoms with van der Waals surface area (Å²) in [7, 11) is -3.57. The minimum Gasteiger partial charge on any atom is -0.276 e. The highest BCUT2D eigenvalue weighted by Gasteiger charge is 2.24. The molecule has 4 nitrogen and oxygen atoms in total. The van der Waals surface area contributed by atoms with Crippen molar-refractivity contribution >= 4 is 26.9 Å². The Kier molecular flexibility index (Phi) is 4.90. The van der Waals surface area contributed by atoms with Crippen LogP contribution in [0.1, 0.15) is 29.8 Å². The lowest BCUT2D eigenvalue weighted by Crippen LogP contribution is -2.31. The van der Waals surface area contributed by atoms with E-state index < -0.39 is 15.3 Å². The number of rotatable bonds is 5. The predicted octanol–water partition coefficient (Wildman–Crippen LogP) is 2.40. The fourth-order valence-electron chi connectivity index (χ4n) is 1.70. The van der Waals surface area contributed by atoms with Gasteiger partial charge in [-0.2, -0.15) is 4.31 Å². The summed E-state index contributed by atoms with van der Waals surface area (Å²) in [6.45, 7) is 6.01. The van der Waals surface area contributed by atoms with Gasteiger partial charge in [0.05, 0.1) is 4.90 Å². The molecule has 0 amide bonds. The Morgan fingerprint density at radius 3 is 2.28 bits per heavy atom. The zero-order chi connectivity index (χ0) is 13.9. The maximum atomic E-state index is 12.4. The number of halogens is 1. The molecule has 0 atom stereocenters. The Morgan fingerprint density at radius 2 is 1.83 bits per heavy atom. The molecule has 0 heterocycles. The average molecular weight is 290 g/mol. The van der Waals surface area contributed by atoms with E-state index in [1.165, 1.54) is 16.4 Å². The van der Waals surface area contributed by atoms with Gasteiger partial charge in [-0.3, -0.25) is 4.79 Å². The van der Waals surface area contributed by atoms with Crippen LogP contribution in [0.15, 0.2) is 23.1 Å². The Labute approximate surface area is 113 Å². The lowest BCUT2D eigenvalue weighted by atomic mass is 10.2. The number of benzene rings is 1. The molecular formula is C12H16ClNO3S. The molecule has 0 saturated carbocycles. The van der Waals surface area contributed by atoms with Gasteiger partial charge in [0.1, 0.15) is 0 Å². The van der Waals surface area contributed by atoms with Crippen molar-refractivity contribution in [1.29, 1.82) is 0 Å². The Bertz CT molecular complexity index is 550. The van der Waals surface area contributed by atoms with Crippen molar-refractivity contribution in [2.45, 2.75) is 25.7 Å². The number of carbonyl (C=O) groups excluding carboxylic acids is 1. The first-order valence-electron chi connectivity index (χ1n) is 5.65. The van der Waals surface area contributed by atoms with E-state index in [4.69, 9.17) is 11.6 Å². The van der Waals surface area contributed by atoms with E-state index >= 15 is 0 Å². The van der Waals surface area contributed by atoms with Gasteiger partial charge in [-0.05, 0) is 36.2 Å². The number of hydrogen-bond acceptors (Lipinski definition) is 3. The van der Waals surface area contributed by atoms with Crippen LogP contribution < -0.4 is 0 Å². The largest absolute Gasteiger partial charge is 0.276 e. The molecule has 1 aromatic carbocycles. The second kappa shape index (κ2) is 5.82. The first-order chi connectivity index (χ1) is 8.34. The molecule has 6 heteroatoms. The molecule has 1 aromatic rings. The second-order valence-electron chi connectivity index (χ2n) is 3.84. The molecule has 0 unspecified atom stereocenters. The van der Waals surface area contributed by atoms with E-state index in [2.05, 4.69) is 0 Å². The van der Waals surface area contributed by atoms with Crippen LogP contribution in [0, 0.1) is 6.92 Å². The maximum absolute atomic E-state index is 12.4. The lowest BCUT2D eigenvalue weighted by molar-refractivity contribution is 0.108. The third kappa shape index (κ3) is 2.91. The second-order valence-corrected chi connectivity index (χ2v) is 6.09. The molecule has 0 radical (unpaired) electrons. The highest BCUT2D eigenvalue weighted by atomic mass is 35.5. The molecule has 18 heavy (non-hydrogen) atoms. The predicted molar refractivity (Wildman–Crippen MR) is 71.5 cm³/mol. The summed E-state index contributed by atoms with van der Waals surface area (Å²) in [5.74, 6) is 0. The molecule has 0 fully saturated rings. The van der Waals surface area contributed by atoms with Crippen LogP contribution >= 0.6 is 11.6 Å². The van der Waals surface area contributed by atoms with E-state index in [1.54, 1.807) is 26.8 Å². The Morgan fingerprint density at radius 1 is 1.28 bits per heavy atom. The average Bonchev–Trinajstić information content (AvgIpc) is 2.30. The third-order valence-corrected chi connectivity index (χ3v) is 5.15. The molecule has 1 rings (SSSR count). The van der Waals surface area contributed by atoms with Gasteiger partial charge in [0.25, 0.3) is 5.24 Å². The molecule has 100 valence electrons. The van der Waals surface area contributed by atoms with Crippen LogP contribution in [0.25, 0.3) is 0 Å². The monoisotopic (exact) mass is 289 g/mol. The van der Waals surface area contributed by atoms with Gasteiger partial charge in [-0.25, -0.2) is 8.42 Å². The summed E-state index contributed by atoms with van der Waals surface area (Å²) < 4.78 is 26.1. The molecule has 0 N–H and O–H groups in total. The number of sulfonamides is 1. The van der Waals surface area contributed by atoms with Crippen LogP contribution in [0.5, 0.6) is 0 Å². The van der Waals surface area contributed by atoms with Crippen molar-refractivity contribution in [1.82, 2.24) is 4.31 Å². The number of carbonyl (C=O) groups is 1. The van der Waals surface area contributed by atoms with Crippen LogP contribution in [0.4, 0.5) is 0 Å². The summed E-state index contributed by atoms with van der Waals surface area (Å²) in [5, 5.41) is -0.661. The van der Waals surface area contributed by atoms with Crippen molar-refractivity contribution in [3.8, 4) is 0 Å². The normalized spacial score (nSPS) is 11.8. The summed E-state index contributed by atoms with van der Waals surface area (Å²) in [6, 6.07) is 4.44. The van der Waals surface area contributed by atoms with Gasteiger partial charge in [0, 0.05) is 18.7 Å². The first-order valence-corrected chi connectivity index (χ1v) is 7.47. The van der Waals surface area contributed by atoms with Gasteiger partial charge < -0.3 is 0 Å². The van der Waals surface area contributed by atoms with E-state index in [0.717, 1.165) is 0 Å². The van der Waals surface area contributed by atoms with E-state index in [-0.39, 0.29) is 10.5 Å². The quantitative estimate of drug-likeness (QED) is 0.782. The molecule has 0 aliphatic heterocycles. The third-order valence-electron chi connectivity index (χ3n) is 2.74. The van der Waals surface area contributed by atoms with Crippen LogP contribution in [-0.2, 0) is 10.0 Å². The maximum Gasteiger partial charge on any atom is 0.252 e. The zero-order valence-electron chi connectivity index (χ0n) is 10.6. The molecular weight excluding hydrogens is 274 g/mol. The van der Waals surface area contributed by atoms with E-state index in [9.17, 15) is 13.2 Å². The number of aryl methyl sites for hydroxylation is 1. The molecule has 0 bridgehead atoms. The summed E-state index contributed by atoms with van der Waals surface area (Å²) >= 11 is 5.38. The summed E-state index contributed by atoms with van der Waals surface area (Å²) in [5.41, 5.74) is 0.788. The number of hydrogen-bond donors (Lipinski definition) is 0. The fourth-order valence-corrected chi connectivity index (χ4v) is 3.53. The van der Waals surface area contributed by atoms with Crippen LogP contribution in [0.3, 0.4) is 0 Å². The fraction of sp³-hybridized carbons (Fsp3) is 0.417. The van der Waals surface area contributed by atoms with Crippen LogP contribution in [0.2, 0.25) is 0 Å². The minimum absolute atomic E-state index is 0.137. The zero-order valence-corrected chi connectivity index (χ0v) is 12.2. The lowest BCUT2D eigenvalue weighted by Gasteiger charge is -2.20. The van der Waals surface area contributed by atoms with Crippen molar-refractivity contribution in [2.24, 2.45) is 0 Å². The molecule has 0 aliphatic rings. The Balaban J connectivity index is 3.40. The van der Waals surface area contributed by atoms with Gasteiger partial charge >= 0.3 is 0 Å². The molecule has 0 aromatic heterocycles. The standard InChI is InChI=1S/C12H16ClNO3S/c1-4-14(5-2)18(16,17)11-8-10(12(13)15)7-6-9(11)3/h6-8H,4-5H2,1-3H3. The van der Waals surface area contributed by atoms with Crippen molar-refractivity contribution in [2.75, 3.05) is 13.1 Å². The molecule has 0 aliphatic carbocycles. The van der Waals surface area contributed by atoms with E-state index in [0.29, 0.717) is 18.7 Å². The number of nitrogens with zero attached hydrogens (tertiary/aromatic N) is 1. The van der Waals surface area contributed by atoms with Crippen LogP contribution in [-0.4, -0.2) is 31.1 Å². The smallest absolute Gasteiger partial charge is 0.252 e. The highest BCUT2D eigenvalue weighted by molar-refractivity contribution is 7.89. The van der Waals surface area contributed by atoms with Gasteiger partial charge in [0.15, 0.2) is 0 Å². The topological polar surface area (TPSA) is 54.5 Å². The molecule has 0 saturated heterocycles. The van der Waals surface area contributed by atoms with Gasteiger partial charge in [-0.15, -0.1) is 0 Å².